The van der Waals surface area contributed by atoms with Gasteiger partial charge in [0.15, 0.2) is 0 Å². The first-order valence-corrected chi connectivity index (χ1v) is 8.53. The fraction of sp³-hybridized carbons (Fsp3) is 0.474. The molecule has 134 valence electrons. The molecule has 0 radical (unpaired) electrons. The molecule has 2 aliphatic heterocycles. The van der Waals surface area contributed by atoms with Gasteiger partial charge in [0, 0.05) is 19.3 Å². The highest BCUT2D eigenvalue weighted by molar-refractivity contribution is 6.07. The second-order valence-electron chi connectivity index (χ2n) is 6.84. The lowest BCUT2D eigenvalue weighted by atomic mass is 9.91. The predicted octanol–water partition coefficient (Wildman–Crippen LogP) is 2.59. The van der Waals surface area contributed by atoms with Crippen molar-refractivity contribution in [2.45, 2.75) is 38.3 Å². The van der Waals surface area contributed by atoms with E-state index in [0.29, 0.717) is 38.4 Å². The number of carbonyl (C=O) groups is 2. The molecular weight excluding hydrogens is 320 g/mol. The van der Waals surface area contributed by atoms with Gasteiger partial charge in [-0.3, -0.25) is 9.69 Å². The molecule has 0 aromatic heterocycles. The van der Waals surface area contributed by atoms with Crippen molar-refractivity contribution in [3.63, 3.8) is 0 Å². The van der Waals surface area contributed by atoms with Crippen LogP contribution in [0, 0.1) is 0 Å². The van der Waals surface area contributed by atoms with E-state index < -0.39 is 5.54 Å². The van der Waals surface area contributed by atoms with Crippen molar-refractivity contribution in [1.29, 1.82) is 0 Å². The SMILES string of the molecule is C=C(C)COc1ccc(C2(C)NC(=O)N(C3CCOCC3)C2=O)cc1. The molecule has 1 atom stereocenters. The van der Waals surface area contributed by atoms with Gasteiger partial charge in [0.05, 0.1) is 0 Å². The Balaban J connectivity index is 1.77. The van der Waals surface area contributed by atoms with E-state index in [9.17, 15) is 9.59 Å². The van der Waals surface area contributed by atoms with Gasteiger partial charge in [-0.1, -0.05) is 18.7 Å². The van der Waals surface area contributed by atoms with Gasteiger partial charge in [0.25, 0.3) is 5.91 Å². The van der Waals surface area contributed by atoms with Crippen molar-refractivity contribution in [3.05, 3.63) is 42.0 Å². The number of urea groups is 1. The van der Waals surface area contributed by atoms with Gasteiger partial charge in [0.2, 0.25) is 0 Å². The van der Waals surface area contributed by atoms with Crippen molar-refractivity contribution in [2.24, 2.45) is 0 Å². The molecule has 2 fully saturated rings. The quantitative estimate of drug-likeness (QED) is 0.658. The number of nitrogens with one attached hydrogen (secondary N) is 1. The summed E-state index contributed by atoms with van der Waals surface area (Å²) in [5.74, 6) is 0.494. The van der Waals surface area contributed by atoms with Crippen LogP contribution in [-0.4, -0.2) is 42.7 Å². The zero-order chi connectivity index (χ0) is 18.0. The zero-order valence-corrected chi connectivity index (χ0v) is 14.7. The zero-order valence-electron chi connectivity index (χ0n) is 14.7. The van der Waals surface area contributed by atoms with Gasteiger partial charge < -0.3 is 14.8 Å². The van der Waals surface area contributed by atoms with Gasteiger partial charge in [-0.05, 0) is 50.0 Å². The number of benzene rings is 1. The molecule has 2 heterocycles. The molecule has 1 aromatic carbocycles. The molecule has 0 aliphatic carbocycles. The Labute approximate surface area is 147 Å². The number of hydrogen-bond acceptors (Lipinski definition) is 4. The highest BCUT2D eigenvalue weighted by Gasteiger charge is 2.51. The maximum absolute atomic E-state index is 13.0. The summed E-state index contributed by atoms with van der Waals surface area (Å²) in [5.41, 5.74) is 0.617. The summed E-state index contributed by atoms with van der Waals surface area (Å²) in [6, 6.07) is 6.82. The van der Waals surface area contributed by atoms with E-state index in [-0.39, 0.29) is 18.0 Å². The summed E-state index contributed by atoms with van der Waals surface area (Å²) in [6.45, 7) is 9.04. The van der Waals surface area contributed by atoms with Crippen LogP contribution < -0.4 is 10.1 Å². The number of nitrogens with zero attached hydrogens (tertiary/aromatic N) is 1. The van der Waals surface area contributed by atoms with E-state index in [4.69, 9.17) is 9.47 Å². The first kappa shape index (κ1) is 17.5. The Morgan fingerprint density at radius 1 is 1.32 bits per heavy atom. The highest BCUT2D eigenvalue weighted by Crippen LogP contribution is 2.32. The van der Waals surface area contributed by atoms with Crippen LogP contribution in [0.5, 0.6) is 5.75 Å². The van der Waals surface area contributed by atoms with Crippen molar-refractivity contribution in [1.82, 2.24) is 10.2 Å². The molecular formula is C19H24N2O4. The molecule has 2 saturated heterocycles. The lowest BCUT2D eigenvalue weighted by molar-refractivity contribution is -0.133. The third-order valence-corrected chi connectivity index (χ3v) is 4.70. The van der Waals surface area contributed by atoms with Crippen LogP contribution >= 0.6 is 0 Å². The van der Waals surface area contributed by atoms with E-state index in [1.807, 2.05) is 19.1 Å². The summed E-state index contributed by atoms with van der Waals surface area (Å²) in [6.07, 6.45) is 1.37. The number of hydrogen-bond donors (Lipinski definition) is 1. The number of imide groups is 1. The molecule has 0 spiro atoms. The summed E-state index contributed by atoms with van der Waals surface area (Å²) in [4.78, 5) is 26.8. The molecule has 6 nitrogen and oxygen atoms in total. The number of amides is 3. The summed E-state index contributed by atoms with van der Waals surface area (Å²) in [7, 11) is 0. The monoisotopic (exact) mass is 344 g/mol. The fourth-order valence-corrected chi connectivity index (χ4v) is 3.22. The summed E-state index contributed by atoms with van der Waals surface area (Å²) >= 11 is 0. The topological polar surface area (TPSA) is 67.9 Å². The Morgan fingerprint density at radius 2 is 1.96 bits per heavy atom. The van der Waals surface area contributed by atoms with Gasteiger partial charge >= 0.3 is 6.03 Å². The molecule has 3 rings (SSSR count). The number of carbonyl (C=O) groups excluding carboxylic acids is 2. The van der Waals surface area contributed by atoms with Crippen molar-refractivity contribution >= 4 is 11.9 Å². The third-order valence-electron chi connectivity index (χ3n) is 4.70. The molecule has 2 aliphatic rings. The van der Waals surface area contributed by atoms with E-state index >= 15 is 0 Å². The molecule has 0 saturated carbocycles. The number of ether oxygens (including phenoxy) is 2. The van der Waals surface area contributed by atoms with Crippen molar-refractivity contribution in [2.75, 3.05) is 19.8 Å². The van der Waals surface area contributed by atoms with Crippen LogP contribution in [0.3, 0.4) is 0 Å². The largest absolute Gasteiger partial charge is 0.489 e. The van der Waals surface area contributed by atoms with Crippen LogP contribution in [0.25, 0.3) is 0 Å². The minimum Gasteiger partial charge on any atom is -0.489 e. The molecule has 0 bridgehead atoms. The molecule has 6 heteroatoms. The van der Waals surface area contributed by atoms with Crippen LogP contribution in [0.4, 0.5) is 4.79 Å². The van der Waals surface area contributed by atoms with E-state index in [0.717, 1.165) is 11.1 Å². The van der Waals surface area contributed by atoms with Gasteiger partial charge in [-0.25, -0.2) is 4.79 Å². The average molecular weight is 344 g/mol. The maximum atomic E-state index is 13.0. The molecule has 1 aromatic rings. The normalized spacial score (nSPS) is 24.3. The standard InChI is InChI=1S/C19H24N2O4/c1-13(2)12-25-16-6-4-14(5-7-16)19(3)17(22)21(18(23)20-19)15-8-10-24-11-9-15/h4-7,15H,1,8-12H2,2-3H3,(H,20,23). The second-order valence-corrected chi connectivity index (χ2v) is 6.84. The Morgan fingerprint density at radius 3 is 2.56 bits per heavy atom. The lowest BCUT2D eigenvalue weighted by Crippen LogP contribution is -2.45. The Bertz CT molecular complexity index is 679. The second kappa shape index (κ2) is 6.88. The predicted molar refractivity (Wildman–Crippen MR) is 93.3 cm³/mol. The first-order valence-electron chi connectivity index (χ1n) is 8.53. The van der Waals surface area contributed by atoms with E-state index in [2.05, 4.69) is 11.9 Å². The molecule has 3 amide bonds. The van der Waals surface area contributed by atoms with Crippen LogP contribution in [-0.2, 0) is 15.1 Å². The molecule has 1 unspecified atom stereocenters. The molecule has 25 heavy (non-hydrogen) atoms. The van der Waals surface area contributed by atoms with E-state index in [1.165, 1.54) is 4.90 Å². The van der Waals surface area contributed by atoms with Crippen LogP contribution in [0.2, 0.25) is 0 Å². The minimum absolute atomic E-state index is 0.0961. The van der Waals surface area contributed by atoms with Crippen molar-refractivity contribution in [3.8, 4) is 5.75 Å². The van der Waals surface area contributed by atoms with Crippen LogP contribution in [0.1, 0.15) is 32.3 Å². The van der Waals surface area contributed by atoms with Gasteiger partial charge in [-0.2, -0.15) is 0 Å². The van der Waals surface area contributed by atoms with Crippen LogP contribution in [0.15, 0.2) is 36.4 Å². The number of rotatable bonds is 5. The Kier molecular flexibility index (Phi) is 4.81. The van der Waals surface area contributed by atoms with Gasteiger partial charge in [0.1, 0.15) is 17.9 Å². The third kappa shape index (κ3) is 3.39. The summed E-state index contributed by atoms with van der Waals surface area (Å²) < 4.78 is 10.9. The molecule has 1 N–H and O–H groups in total. The summed E-state index contributed by atoms with van der Waals surface area (Å²) in [5, 5.41) is 2.86. The minimum atomic E-state index is -1.05. The van der Waals surface area contributed by atoms with Gasteiger partial charge in [-0.15, -0.1) is 0 Å². The smallest absolute Gasteiger partial charge is 0.325 e. The average Bonchev–Trinajstić information content (AvgIpc) is 2.84. The highest BCUT2D eigenvalue weighted by atomic mass is 16.5. The first-order chi connectivity index (χ1) is 11.9. The Hall–Kier alpha value is -2.34. The lowest BCUT2D eigenvalue weighted by Gasteiger charge is -2.30. The maximum Gasteiger partial charge on any atom is 0.325 e. The fourth-order valence-electron chi connectivity index (χ4n) is 3.22. The van der Waals surface area contributed by atoms with E-state index in [1.54, 1.807) is 19.1 Å². The van der Waals surface area contributed by atoms with Crippen molar-refractivity contribution < 1.29 is 19.1 Å².